The Labute approximate surface area is 187 Å². The van der Waals surface area contributed by atoms with Crippen LogP contribution in [0.5, 0.6) is 0 Å². The fourth-order valence-electron chi connectivity index (χ4n) is 5.16. The number of hydrogen-bond acceptors (Lipinski definition) is 4. The number of urea groups is 1. The third-order valence-corrected chi connectivity index (χ3v) is 7.94. The monoisotopic (exact) mass is 432 g/mol. The predicted molar refractivity (Wildman–Crippen MR) is 126 cm³/mol. The molecular formula is C25H28N4OS. The summed E-state index contributed by atoms with van der Waals surface area (Å²) in [6.07, 6.45) is 3.95. The van der Waals surface area contributed by atoms with E-state index in [2.05, 4.69) is 66.8 Å². The van der Waals surface area contributed by atoms with Crippen LogP contribution in [-0.2, 0) is 5.54 Å². The first kappa shape index (κ1) is 20.2. The first-order valence-electron chi connectivity index (χ1n) is 10.9. The molecule has 31 heavy (non-hydrogen) atoms. The molecule has 6 heteroatoms. The van der Waals surface area contributed by atoms with Gasteiger partial charge in [0.1, 0.15) is 0 Å². The first-order valence-corrected chi connectivity index (χ1v) is 11.7. The number of aromatic nitrogens is 1. The molecule has 2 heterocycles. The molecule has 2 aliphatic rings. The molecule has 1 saturated heterocycles. The summed E-state index contributed by atoms with van der Waals surface area (Å²) >= 11 is 1.54. The Bertz CT molecular complexity index is 1060. The van der Waals surface area contributed by atoms with Gasteiger partial charge in [-0.2, -0.15) is 0 Å². The molecule has 1 spiro atoms. The SMILES string of the molecule is CN(C)[C@]1(c2ccccc2)CC[C@]2(CC1)CN(c1nc(-c3ccccc3)cs1)C(=O)N2. The second-order valence-electron chi connectivity index (χ2n) is 8.97. The van der Waals surface area contributed by atoms with E-state index in [1.54, 1.807) is 11.3 Å². The largest absolute Gasteiger partial charge is 0.330 e. The molecule has 1 aliphatic heterocycles. The molecule has 0 atom stereocenters. The zero-order valence-electron chi connectivity index (χ0n) is 18.0. The molecule has 1 aliphatic carbocycles. The minimum Gasteiger partial charge on any atom is -0.330 e. The van der Waals surface area contributed by atoms with Crippen molar-refractivity contribution < 1.29 is 4.79 Å². The molecule has 0 radical (unpaired) electrons. The molecule has 1 N–H and O–H groups in total. The van der Waals surface area contributed by atoms with Crippen LogP contribution >= 0.6 is 11.3 Å². The van der Waals surface area contributed by atoms with Gasteiger partial charge >= 0.3 is 6.03 Å². The van der Waals surface area contributed by atoms with E-state index in [1.165, 1.54) is 5.56 Å². The second-order valence-corrected chi connectivity index (χ2v) is 9.81. The van der Waals surface area contributed by atoms with Gasteiger partial charge in [-0.05, 0) is 45.3 Å². The van der Waals surface area contributed by atoms with E-state index < -0.39 is 0 Å². The van der Waals surface area contributed by atoms with Gasteiger partial charge in [0.05, 0.1) is 17.8 Å². The fourth-order valence-corrected chi connectivity index (χ4v) is 5.99. The topological polar surface area (TPSA) is 48.5 Å². The lowest BCUT2D eigenvalue weighted by molar-refractivity contribution is 0.0658. The molecule has 5 rings (SSSR count). The number of amides is 2. The molecule has 0 unspecified atom stereocenters. The molecule has 3 aromatic rings. The summed E-state index contributed by atoms with van der Waals surface area (Å²) in [5.41, 5.74) is 3.21. The predicted octanol–water partition coefficient (Wildman–Crippen LogP) is 5.11. The average molecular weight is 433 g/mol. The molecule has 5 nitrogen and oxygen atoms in total. The van der Waals surface area contributed by atoms with Crippen molar-refractivity contribution in [3.8, 4) is 11.3 Å². The second kappa shape index (κ2) is 7.77. The number of rotatable bonds is 4. The summed E-state index contributed by atoms with van der Waals surface area (Å²) in [5.74, 6) is 0. The van der Waals surface area contributed by atoms with E-state index in [0.29, 0.717) is 6.54 Å². The Morgan fingerprint density at radius 1 is 0.968 bits per heavy atom. The summed E-state index contributed by atoms with van der Waals surface area (Å²) in [6.45, 7) is 0.686. The maximum atomic E-state index is 12.9. The van der Waals surface area contributed by atoms with Gasteiger partial charge in [0.25, 0.3) is 0 Å². The van der Waals surface area contributed by atoms with Crippen molar-refractivity contribution in [3.05, 3.63) is 71.6 Å². The Morgan fingerprint density at radius 2 is 1.61 bits per heavy atom. The van der Waals surface area contributed by atoms with E-state index >= 15 is 0 Å². The van der Waals surface area contributed by atoms with E-state index in [4.69, 9.17) is 4.98 Å². The van der Waals surface area contributed by atoms with Gasteiger partial charge in [0.15, 0.2) is 5.13 Å². The fraction of sp³-hybridized carbons (Fsp3) is 0.360. The van der Waals surface area contributed by atoms with E-state index in [-0.39, 0.29) is 17.1 Å². The molecule has 0 bridgehead atoms. The quantitative estimate of drug-likeness (QED) is 0.623. The normalized spacial score (nSPS) is 25.9. The molecule has 1 saturated carbocycles. The average Bonchev–Trinajstić information content (AvgIpc) is 3.40. The van der Waals surface area contributed by atoms with Gasteiger partial charge < -0.3 is 5.32 Å². The lowest BCUT2D eigenvalue weighted by atomic mass is 9.69. The van der Waals surface area contributed by atoms with Crippen LogP contribution in [0.3, 0.4) is 0 Å². The summed E-state index contributed by atoms with van der Waals surface area (Å²) in [4.78, 5) is 21.9. The number of carbonyl (C=O) groups is 1. The minimum atomic E-state index is -0.177. The van der Waals surface area contributed by atoms with Crippen molar-refractivity contribution in [3.63, 3.8) is 0 Å². The molecular weight excluding hydrogens is 404 g/mol. The van der Waals surface area contributed by atoms with Crippen molar-refractivity contribution in [2.75, 3.05) is 25.5 Å². The lowest BCUT2D eigenvalue weighted by Gasteiger charge is -2.48. The molecule has 160 valence electrons. The first-order chi connectivity index (χ1) is 15.0. The summed E-state index contributed by atoms with van der Waals surface area (Å²) in [7, 11) is 4.34. The van der Waals surface area contributed by atoms with Gasteiger partial charge in [0.2, 0.25) is 0 Å². The van der Waals surface area contributed by atoms with Crippen molar-refractivity contribution in [1.82, 2.24) is 15.2 Å². The smallest absolute Gasteiger partial charge is 0.324 e. The van der Waals surface area contributed by atoms with Gasteiger partial charge in [-0.1, -0.05) is 60.7 Å². The Hall–Kier alpha value is -2.70. The summed E-state index contributed by atoms with van der Waals surface area (Å²) in [6, 6.07) is 20.9. The van der Waals surface area contributed by atoms with Crippen LogP contribution in [0, 0.1) is 0 Å². The molecule has 1 aromatic heterocycles. The Morgan fingerprint density at radius 3 is 2.26 bits per heavy atom. The number of nitrogens with zero attached hydrogens (tertiary/aromatic N) is 3. The highest BCUT2D eigenvalue weighted by Crippen LogP contribution is 2.46. The molecule has 2 aromatic carbocycles. The highest BCUT2D eigenvalue weighted by atomic mass is 32.1. The number of benzene rings is 2. The van der Waals surface area contributed by atoms with Crippen LogP contribution in [0.15, 0.2) is 66.0 Å². The third kappa shape index (κ3) is 3.54. The van der Waals surface area contributed by atoms with E-state index in [0.717, 1.165) is 42.1 Å². The molecule has 2 fully saturated rings. The van der Waals surface area contributed by atoms with Crippen LogP contribution in [0.1, 0.15) is 31.2 Å². The number of hydrogen-bond donors (Lipinski definition) is 1. The van der Waals surface area contributed by atoms with E-state index in [9.17, 15) is 4.79 Å². The van der Waals surface area contributed by atoms with Crippen LogP contribution in [0.2, 0.25) is 0 Å². The van der Waals surface area contributed by atoms with Crippen LogP contribution in [-0.4, -0.2) is 42.1 Å². The summed E-state index contributed by atoms with van der Waals surface area (Å²) in [5, 5.41) is 6.15. The zero-order valence-corrected chi connectivity index (χ0v) is 18.9. The van der Waals surface area contributed by atoms with Crippen LogP contribution in [0.4, 0.5) is 9.93 Å². The highest BCUT2D eigenvalue weighted by Gasteiger charge is 2.50. The van der Waals surface area contributed by atoms with Crippen molar-refractivity contribution in [2.45, 2.75) is 36.8 Å². The van der Waals surface area contributed by atoms with Crippen LogP contribution < -0.4 is 10.2 Å². The highest BCUT2D eigenvalue weighted by molar-refractivity contribution is 7.14. The zero-order chi connectivity index (χ0) is 21.5. The van der Waals surface area contributed by atoms with Gasteiger partial charge in [-0.25, -0.2) is 9.78 Å². The number of nitrogens with one attached hydrogen (secondary N) is 1. The van der Waals surface area contributed by atoms with Crippen molar-refractivity contribution in [1.29, 1.82) is 0 Å². The van der Waals surface area contributed by atoms with Crippen molar-refractivity contribution >= 4 is 22.5 Å². The number of carbonyl (C=O) groups excluding carboxylic acids is 1. The van der Waals surface area contributed by atoms with Gasteiger partial charge in [0, 0.05) is 16.5 Å². The number of thiazole rings is 1. The molecule has 2 amide bonds. The van der Waals surface area contributed by atoms with E-state index in [1.807, 2.05) is 28.5 Å². The Kier molecular flexibility index (Phi) is 5.07. The van der Waals surface area contributed by atoms with Gasteiger partial charge in [-0.3, -0.25) is 9.80 Å². The third-order valence-electron chi connectivity index (χ3n) is 7.07. The summed E-state index contributed by atoms with van der Waals surface area (Å²) < 4.78 is 0. The lowest BCUT2D eigenvalue weighted by Crippen LogP contribution is -2.54. The standard InChI is InChI=1S/C25H28N4OS/c1-28(2)25(20-11-7-4-8-12-20)15-13-24(14-16-25)18-29(22(30)27-24)23-26-21(17-31-23)19-9-5-3-6-10-19/h3-12,17H,13-16,18H2,1-2H3,(H,27,30)/t24-,25+. The van der Waals surface area contributed by atoms with Crippen molar-refractivity contribution in [2.24, 2.45) is 0 Å². The Balaban J connectivity index is 1.34. The minimum absolute atomic E-state index is 0.0202. The van der Waals surface area contributed by atoms with Gasteiger partial charge in [-0.15, -0.1) is 11.3 Å². The number of anilines is 1. The maximum Gasteiger partial charge on any atom is 0.324 e. The maximum absolute atomic E-state index is 12.9. The van der Waals surface area contributed by atoms with Crippen LogP contribution in [0.25, 0.3) is 11.3 Å².